The van der Waals surface area contributed by atoms with Crippen molar-refractivity contribution in [1.82, 2.24) is 0 Å². The second kappa shape index (κ2) is 16.5. The summed E-state index contributed by atoms with van der Waals surface area (Å²) in [5.74, 6) is -0.530. The fourth-order valence-corrected chi connectivity index (χ4v) is 13.3. The summed E-state index contributed by atoms with van der Waals surface area (Å²) in [5.41, 5.74) is 8.65. The second-order valence-electron chi connectivity index (χ2n) is 21.3. The minimum Gasteiger partial charge on any atom is -0.413 e. The van der Waals surface area contributed by atoms with Crippen LogP contribution in [0.4, 0.5) is 0 Å². The highest BCUT2D eigenvalue weighted by Crippen LogP contribution is 2.54. The van der Waals surface area contributed by atoms with Crippen molar-refractivity contribution in [3.63, 3.8) is 0 Å². The Morgan fingerprint density at radius 1 is 0.797 bits per heavy atom. The van der Waals surface area contributed by atoms with Gasteiger partial charge in [-0.25, -0.2) is 0 Å². The number of hydrogen-bond donors (Lipinski definition) is 1. The predicted molar refractivity (Wildman–Crippen MR) is 222 cm³/mol. The molecule has 10 saturated heterocycles. The van der Waals surface area contributed by atoms with Gasteiger partial charge in [0, 0.05) is 58.1 Å². The summed E-state index contributed by atoms with van der Waals surface area (Å²) in [6.07, 6.45) is 6.12. The third-order valence-corrected chi connectivity index (χ3v) is 20.8. The molecular formula is C46H73NO11Si. The quantitative estimate of drug-likeness (QED) is 0.232. The van der Waals surface area contributed by atoms with Crippen LogP contribution in [0.1, 0.15) is 111 Å². The van der Waals surface area contributed by atoms with Gasteiger partial charge in [-0.2, -0.15) is 0 Å². The Balaban J connectivity index is 0.984. The molecule has 10 rings (SSSR count). The van der Waals surface area contributed by atoms with E-state index < -0.39 is 14.1 Å². The first-order valence-electron chi connectivity index (χ1n) is 23.1. The molecule has 10 aliphatic rings. The van der Waals surface area contributed by atoms with E-state index in [0.717, 1.165) is 56.1 Å². The Morgan fingerprint density at radius 3 is 2.27 bits per heavy atom. The van der Waals surface area contributed by atoms with E-state index in [-0.39, 0.29) is 114 Å². The number of hydrogen-bond acceptors (Lipinski definition) is 12. The molecule has 0 aromatic rings. The van der Waals surface area contributed by atoms with Gasteiger partial charge in [0.2, 0.25) is 0 Å². The zero-order valence-electron chi connectivity index (χ0n) is 36.8. The molecule has 10 fully saturated rings. The van der Waals surface area contributed by atoms with Crippen LogP contribution in [0.3, 0.4) is 0 Å². The molecule has 2 N–H and O–H groups in total. The molecule has 12 nitrogen and oxygen atoms in total. The molecule has 0 amide bonds. The maximum atomic E-state index is 14.4. The van der Waals surface area contributed by atoms with Gasteiger partial charge >= 0.3 is 0 Å². The number of fused-ring (bicyclic) bond motifs is 6. The Hall–Kier alpha value is -1.07. The molecule has 0 aromatic carbocycles. The van der Waals surface area contributed by atoms with E-state index >= 15 is 0 Å². The largest absolute Gasteiger partial charge is 0.413 e. The molecule has 5 unspecified atom stereocenters. The Morgan fingerprint density at radius 2 is 1.51 bits per heavy atom. The minimum atomic E-state index is -2.12. The van der Waals surface area contributed by atoms with Crippen LogP contribution in [0.2, 0.25) is 18.1 Å². The normalized spacial score (nSPS) is 48.2. The average molecular weight is 844 g/mol. The fourth-order valence-electron chi connectivity index (χ4n) is 12.0. The predicted octanol–water partition coefficient (Wildman–Crippen LogP) is 6.47. The molecule has 0 aromatic heterocycles. The molecular weight excluding hydrogens is 771 g/mol. The first-order valence-corrected chi connectivity index (χ1v) is 26.0. The summed E-state index contributed by atoms with van der Waals surface area (Å²) in [7, 11) is -0.378. The molecule has 13 heteroatoms. The summed E-state index contributed by atoms with van der Waals surface area (Å²) >= 11 is 0. The Bertz CT molecular complexity index is 1590. The van der Waals surface area contributed by atoms with Gasteiger partial charge in [-0.1, -0.05) is 40.9 Å². The highest BCUT2D eigenvalue weighted by molar-refractivity contribution is 6.74. The molecule has 10 heterocycles. The number of carbonyl (C=O) groups excluding carboxylic acids is 1. The monoisotopic (exact) mass is 843 g/mol. The van der Waals surface area contributed by atoms with Gasteiger partial charge in [0.15, 0.2) is 14.1 Å². The second-order valence-corrected chi connectivity index (χ2v) is 26.0. The van der Waals surface area contributed by atoms with Crippen molar-refractivity contribution in [2.75, 3.05) is 13.7 Å². The van der Waals surface area contributed by atoms with Crippen LogP contribution >= 0.6 is 0 Å². The number of ketones is 1. The number of rotatable bonds is 6. The third kappa shape index (κ3) is 8.29. The van der Waals surface area contributed by atoms with Crippen LogP contribution in [0.15, 0.2) is 24.3 Å². The lowest BCUT2D eigenvalue weighted by Crippen LogP contribution is -2.61. The van der Waals surface area contributed by atoms with Gasteiger partial charge in [-0.15, -0.1) is 0 Å². The van der Waals surface area contributed by atoms with Crippen LogP contribution in [-0.2, 0) is 51.9 Å². The Labute approximate surface area is 353 Å². The van der Waals surface area contributed by atoms with E-state index in [9.17, 15) is 4.79 Å². The topological polar surface area (TPSA) is 135 Å². The standard InChI is InChI=1S/C46H73NO11Si/c1-24-16-28-10-12-33-25(2)17-30(50-33)14-15-46-22-38-41(56-46)42-43(55-38)44(57-46)40-34(54-42)13-11-29(52-40)18-27(48)19-32-36(21-35(51-28)26(24)3)53-37(39(32)49-7)20-31(23-47)58-59(8,9)45(4,5)6/h24,28-44H,2-3,10-23,47H2,1,4-9H3/t24-,28+,29?,30+,31+,32+,33?,34+,35?,36+,37?,38+,39-,40+,41?,42+,43-,44+,46+/m1/s1. The molecule has 0 radical (unpaired) electrons. The van der Waals surface area contributed by atoms with Crippen molar-refractivity contribution in [2.45, 2.75) is 233 Å². The third-order valence-electron chi connectivity index (χ3n) is 16.2. The van der Waals surface area contributed by atoms with E-state index in [1.807, 2.05) is 0 Å². The van der Waals surface area contributed by atoms with Crippen molar-refractivity contribution in [3.05, 3.63) is 24.3 Å². The van der Waals surface area contributed by atoms with E-state index in [0.29, 0.717) is 51.0 Å². The lowest BCUT2D eigenvalue weighted by atomic mass is 9.81. The molecule has 1 spiro atoms. The van der Waals surface area contributed by atoms with E-state index in [1.54, 1.807) is 7.11 Å². The minimum absolute atomic E-state index is 0.0111. The molecule has 0 aliphatic carbocycles. The van der Waals surface area contributed by atoms with Crippen molar-refractivity contribution in [1.29, 1.82) is 0 Å². The van der Waals surface area contributed by atoms with Gasteiger partial charge in [0.25, 0.3) is 0 Å². The SMILES string of the molecule is C=C1C[C@@H]2CC[C@@]34C[C@@H]5O[C@H]6[C@@H](O3)[C@H]3OC(CC[C@@H]3O[C@H]6C5O4)CC(=O)C[C@H]3[C@H](CC4O[C@@H](CCC1O2)C[C@@H](C)C4=C)OC(C[C@@H](CN)O[Si](C)(C)C(C)(C)C)[C@@H]3OC. The van der Waals surface area contributed by atoms with Crippen molar-refractivity contribution in [2.24, 2.45) is 17.6 Å². The molecule has 0 saturated carbocycles. The lowest BCUT2D eigenvalue weighted by Gasteiger charge is -2.47. The van der Waals surface area contributed by atoms with Crippen molar-refractivity contribution in [3.8, 4) is 0 Å². The van der Waals surface area contributed by atoms with Crippen LogP contribution in [-0.4, -0.2) is 131 Å². The number of ether oxygens (including phenoxy) is 9. The number of Topliss-reactive ketones (excluding diaryl/α,β-unsaturated/α-hetero) is 1. The molecule has 12 bridgehead atoms. The zero-order chi connectivity index (χ0) is 41.6. The summed E-state index contributed by atoms with van der Waals surface area (Å²) in [6, 6.07) is 0. The Kier molecular flexibility index (Phi) is 12.1. The van der Waals surface area contributed by atoms with E-state index in [1.165, 1.54) is 0 Å². The number of carbonyl (C=O) groups is 1. The summed E-state index contributed by atoms with van der Waals surface area (Å²) in [5, 5.41) is 0.0348. The van der Waals surface area contributed by atoms with E-state index in [2.05, 4.69) is 53.9 Å². The van der Waals surface area contributed by atoms with Gasteiger partial charge in [-0.3, -0.25) is 4.79 Å². The van der Waals surface area contributed by atoms with Crippen molar-refractivity contribution < 1.29 is 51.9 Å². The van der Waals surface area contributed by atoms with E-state index in [4.69, 9.17) is 52.8 Å². The summed E-state index contributed by atoms with van der Waals surface area (Å²) < 4.78 is 68.0. The van der Waals surface area contributed by atoms with Crippen molar-refractivity contribution >= 4 is 14.1 Å². The van der Waals surface area contributed by atoms with Gasteiger partial charge in [0.1, 0.15) is 36.3 Å². The molecule has 332 valence electrons. The van der Waals surface area contributed by atoms with Crippen LogP contribution < -0.4 is 5.73 Å². The number of nitrogens with two attached hydrogens (primary N) is 1. The first kappa shape index (κ1) is 43.2. The summed E-state index contributed by atoms with van der Waals surface area (Å²) in [4.78, 5) is 14.4. The molecule has 19 atom stereocenters. The number of methoxy groups -OCH3 is 1. The maximum absolute atomic E-state index is 14.4. The lowest BCUT2D eigenvalue weighted by molar-refractivity contribution is -0.292. The van der Waals surface area contributed by atoms with Crippen LogP contribution in [0.25, 0.3) is 0 Å². The van der Waals surface area contributed by atoms with Crippen LogP contribution in [0, 0.1) is 11.8 Å². The summed E-state index contributed by atoms with van der Waals surface area (Å²) in [6.45, 7) is 22.9. The fraction of sp³-hybridized carbons (Fsp3) is 0.891. The maximum Gasteiger partial charge on any atom is 0.192 e. The average Bonchev–Trinajstić information content (AvgIpc) is 3.85. The molecule has 59 heavy (non-hydrogen) atoms. The van der Waals surface area contributed by atoms with Gasteiger partial charge in [-0.05, 0) is 80.1 Å². The zero-order valence-corrected chi connectivity index (χ0v) is 37.8. The van der Waals surface area contributed by atoms with Gasteiger partial charge in [0.05, 0.1) is 67.1 Å². The first-order chi connectivity index (χ1) is 28.0. The highest BCUT2D eigenvalue weighted by Gasteiger charge is 2.69. The van der Waals surface area contributed by atoms with Gasteiger partial charge < -0.3 is 52.8 Å². The smallest absolute Gasteiger partial charge is 0.192 e. The highest BCUT2D eigenvalue weighted by atomic mass is 28.4. The molecule has 10 aliphatic heterocycles. The van der Waals surface area contributed by atoms with Crippen LogP contribution in [0.5, 0.6) is 0 Å².